The van der Waals surface area contributed by atoms with Crippen LogP contribution in [0.4, 0.5) is 0 Å². The first-order chi connectivity index (χ1) is 19.4. The molecule has 1 aliphatic rings. The molecule has 1 unspecified atom stereocenters. The largest absolute Gasteiger partial charge is 0.494 e. The molecule has 7 heteroatoms. The predicted octanol–water partition coefficient (Wildman–Crippen LogP) is 7.27. The van der Waals surface area contributed by atoms with Crippen molar-refractivity contribution < 1.29 is 33.3 Å². The van der Waals surface area contributed by atoms with Gasteiger partial charge >= 0.3 is 11.9 Å². The van der Waals surface area contributed by atoms with Crippen LogP contribution in [0.25, 0.3) is 0 Å². The van der Waals surface area contributed by atoms with Gasteiger partial charge < -0.3 is 23.7 Å². The normalized spacial score (nSPS) is 14.7. The van der Waals surface area contributed by atoms with E-state index in [2.05, 4.69) is 13.8 Å². The Balaban J connectivity index is 1.22. The lowest BCUT2D eigenvalue weighted by molar-refractivity contribution is -0.137. The molecule has 40 heavy (non-hydrogen) atoms. The van der Waals surface area contributed by atoms with Gasteiger partial charge in [0.1, 0.15) is 11.5 Å². The second kappa shape index (κ2) is 17.0. The molecule has 7 nitrogen and oxygen atoms in total. The monoisotopic (exact) mass is 554 g/mol. The molecule has 0 saturated carbocycles. The molecule has 0 N–H and O–H groups in total. The van der Waals surface area contributed by atoms with Crippen LogP contribution >= 0.6 is 0 Å². The summed E-state index contributed by atoms with van der Waals surface area (Å²) in [6.45, 7) is 10.7. The van der Waals surface area contributed by atoms with Crippen molar-refractivity contribution in [3.8, 4) is 11.5 Å². The quantitative estimate of drug-likeness (QED) is 0.103. The van der Waals surface area contributed by atoms with Gasteiger partial charge in [-0.3, -0.25) is 0 Å². The Morgan fingerprint density at radius 3 is 1.93 bits per heavy atom. The smallest absolute Gasteiger partial charge is 0.343 e. The minimum atomic E-state index is -0.465. The number of rotatable bonds is 19. The Bertz CT molecular complexity index is 1010. The van der Waals surface area contributed by atoms with Crippen LogP contribution in [-0.4, -0.2) is 51.6 Å². The highest BCUT2D eigenvalue weighted by molar-refractivity contribution is 5.92. The number of benzene rings is 2. The topological polar surface area (TPSA) is 80.3 Å². The Morgan fingerprint density at radius 2 is 1.35 bits per heavy atom. The van der Waals surface area contributed by atoms with Gasteiger partial charge in [0.05, 0.1) is 44.2 Å². The minimum Gasteiger partial charge on any atom is -0.494 e. The number of hydrogen-bond donors (Lipinski definition) is 0. The van der Waals surface area contributed by atoms with Crippen molar-refractivity contribution in [1.82, 2.24) is 0 Å². The van der Waals surface area contributed by atoms with Crippen LogP contribution in [0, 0.1) is 11.3 Å². The fourth-order valence-electron chi connectivity index (χ4n) is 4.16. The molecule has 1 aliphatic heterocycles. The third-order valence-electron chi connectivity index (χ3n) is 7.14. The number of unbranched alkanes of at least 4 members (excludes halogenated alkanes) is 6. The van der Waals surface area contributed by atoms with Gasteiger partial charge in [-0.15, -0.1) is 0 Å². The van der Waals surface area contributed by atoms with Crippen molar-refractivity contribution in [2.45, 2.75) is 72.1 Å². The summed E-state index contributed by atoms with van der Waals surface area (Å²) < 4.78 is 27.6. The third-order valence-corrected chi connectivity index (χ3v) is 7.14. The lowest BCUT2D eigenvalue weighted by atomic mass is 9.90. The summed E-state index contributed by atoms with van der Waals surface area (Å²) in [5.74, 6) is 0.576. The fourth-order valence-corrected chi connectivity index (χ4v) is 4.16. The first-order valence-corrected chi connectivity index (χ1v) is 14.8. The van der Waals surface area contributed by atoms with Crippen LogP contribution in [0.3, 0.4) is 0 Å². The zero-order valence-electron chi connectivity index (χ0n) is 24.5. The van der Waals surface area contributed by atoms with Crippen molar-refractivity contribution in [3.05, 3.63) is 59.7 Å². The number of hydrogen-bond acceptors (Lipinski definition) is 7. The van der Waals surface area contributed by atoms with Gasteiger partial charge in [-0.1, -0.05) is 59.3 Å². The van der Waals surface area contributed by atoms with Gasteiger partial charge in [-0.05, 0) is 67.3 Å². The van der Waals surface area contributed by atoms with Crippen molar-refractivity contribution in [2.75, 3.05) is 39.6 Å². The van der Waals surface area contributed by atoms with E-state index in [9.17, 15) is 9.59 Å². The lowest BCUT2D eigenvalue weighted by Gasteiger charge is -2.37. The Hall–Kier alpha value is -2.90. The first kappa shape index (κ1) is 31.6. The molecule has 1 atom stereocenters. The van der Waals surface area contributed by atoms with E-state index in [-0.39, 0.29) is 11.4 Å². The summed E-state index contributed by atoms with van der Waals surface area (Å²) in [4.78, 5) is 24.6. The van der Waals surface area contributed by atoms with Gasteiger partial charge in [0.25, 0.3) is 0 Å². The van der Waals surface area contributed by atoms with Gasteiger partial charge in [0, 0.05) is 12.0 Å². The number of carbonyl (C=O) groups is 2. The van der Waals surface area contributed by atoms with Crippen molar-refractivity contribution in [1.29, 1.82) is 0 Å². The number of esters is 2. The van der Waals surface area contributed by atoms with Crippen LogP contribution in [0.15, 0.2) is 48.5 Å². The molecule has 3 rings (SSSR count). The van der Waals surface area contributed by atoms with Crippen LogP contribution in [-0.2, 0) is 14.2 Å². The maximum absolute atomic E-state index is 12.5. The summed E-state index contributed by atoms with van der Waals surface area (Å²) in [5, 5.41) is 0. The number of carbonyl (C=O) groups excluding carboxylic acids is 2. The van der Waals surface area contributed by atoms with E-state index in [1.54, 1.807) is 48.5 Å². The summed E-state index contributed by atoms with van der Waals surface area (Å²) in [6, 6.07) is 13.4. The highest BCUT2D eigenvalue weighted by Crippen LogP contribution is 2.26. The zero-order chi connectivity index (χ0) is 28.6. The molecule has 0 bridgehead atoms. The zero-order valence-corrected chi connectivity index (χ0v) is 24.5. The maximum atomic E-state index is 12.5. The van der Waals surface area contributed by atoms with E-state index in [0.29, 0.717) is 36.0 Å². The molecule has 2 aromatic rings. The Kier molecular flexibility index (Phi) is 13.5. The highest BCUT2D eigenvalue weighted by Gasteiger charge is 2.33. The van der Waals surface area contributed by atoms with Crippen LogP contribution in [0.2, 0.25) is 0 Å². The van der Waals surface area contributed by atoms with Gasteiger partial charge in [0.2, 0.25) is 0 Å². The first-order valence-electron chi connectivity index (χ1n) is 14.8. The molecular weight excluding hydrogens is 508 g/mol. The van der Waals surface area contributed by atoms with E-state index < -0.39 is 5.97 Å². The highest BCUT2D eigenvalue weighted by atomic mass is 16.5. The van der Waals surface area contributed by atoms with Crippen LogP contribution in [0.1, 0.15) is 92.9 Å². The number of ether oxygens (including phenoxy) is 5. The molecule has 0 aliphatic carbocycles. The van der Waals surface area contributed by atoms with Crippen LogP contribution in [0.5, 0.6) is 11.5 Å². The van der Waals surface area contributed by atoms with Gasteiger partial charge in [0.15, 0.2) is 0 Å². The molecular formula is C33H46O7. The summed E-state index contributed by atoms with van der Waals surface area (Å²) in [5.41, 5.74) is 1.10. The van der Waals surface area contributed by atoms with Crippen molar-refractivity contribution >= 4 is 11.9 Å². The second-order valence-electron chi connectivity index (χ2n) is 11.2. The fraction of sp³-hybridized carbons (Fsp3) is 0.576. The van der Waals surface area contributed by atoms with E-state index in [0.717, 1.165) is 57.9 Å². The SMILES string of the molecule is CCC(C)COC(=O)c1ccc(OC(=O)c2ccc(OCCCCCCCCCOCC3(C)COC3)cc2)cc1. The van der Waals surface area contributed by atoms with E-state index in [1.165, 1.54) is 25.7 Å². The standard InChI is InChI=1S/C33H46O7/c1-4-26(2)22-39-31(34)27-14-18-30(19-15-27)40-32(35)28-12-16-29(17-13-28)38-21-11-9-7-5-6-8-10-20-36-23-33(3)24-37-25-33/h12-19,26H,4-11,20-25H2,1-3H3. The lowest BCUT2D eigenvalue weighted by Crippen LogP contribution is -2.43. The molecule has 0 aromatic heterocycles. The summed E-state index contributed by atoms with van der Waals surface area (Å²) in [6.07, 6.45) is 9.16. The molecule has 1 fully saturated rings. The molecule has 1 saturated heterocycles. The maximum Gasteiger partial charge on any atom is 0.343 e. The van der Waals surface area contributed by atoms with Gasteiger partial charge in [-0.2, -0.15) is 0 Å². The molecule has 2 aromatic carbocycles. The predicted molar refractivity (Wildman–Crippen MR) is 155 cm³/mol. The Morgan fingerprint density at radius 1 is 0.800 bits per heavy atom. The molecule has 220 valence electrons. The van der Waals surface area contributed by atoms with Gasteiger partial charge in [-0.25, -0.2) is 9.59 Å². The average Bonchev–Trinajstić information content (AvgIpc) is 2.96. The van der Waals surface area contributed by atoms with E-state index in [4.69, 9.17) is 23.7 Å². The van der Waals surface area contributed by atoms with Crippen molar-refractivity contribution in [3.63, 3.8) is 0 Å². The van der Waals surface area contributed by atoms with Crippen molar-refractivity contribution in [2.24, 2.45) is 11.3 Å². The third kappa shape index (κ3) is 11.3. The molecule has 0 radical (unpaired) electrons. The molecule has 0 spiro atoms. The second-order valence-corrected chi connectivity index (χ2v) is 11.2. The van der Waals surface area contributed by atoms with E-state index in [1.807, 2.05) is 6.92 Å². The average molecular weight is 555 g/mol. The summed E-state index contributed by atoms with van der Waals surface area (Å²) >= 11 is 0. The minimum absolute atomic E-state index is 0.247. The summed E-state index contributed by atoms with van der Waals surface area (Å²) in [7, 11) is 0. The van der Waals surface area contributed by atoms with Crippen LogP contribution < -0.4 is 9.47 Å². The Labute approximate surface area is 239 Å². The molecule has 1 heterocycles. The van der Waals surface area contributed by atoms with E-state index >= 15 is 0 Å². The molecule has 0 amide bonds.